The van der Waals surface area contributed by atoms with Crippen LogP contribution in [0.2, 0.25) is 0 Å². The second kappa shape index (κ2) is 13.3. The van der Waals surface area contributed by atoms with E-state index in [2.05, 4.69) is 0 Å². The van der Waals surface area contributed by atoms with Gasteiger partial charge >= 0.3 is 5.97 Å². The number of aliphatic hydroxyl groups excluding tert-OH is 1. The van der Waals surface area contributed by atoms with Gasteiger partial charge < -0.3 is 28.8 Å². The predicted octanol–water partition coefficient (Wildman–Crippen LogP) is 3.26. The maximum Gasteiger partial charge on any atom is 0.306 e. The summed E-state index contributed by atoms with van der Waals surface area (Å²) in [6.07, 6.45) is 4.40. The third-order valence-corrected chi connectivity index (χ3v) is 9.55. The van der Waals surface area contributed by atoms with Crippen molar-refractivity contribution in [1.82, 2.24) is 0 Å². The van der Waals surface area contributed by atoms with Crippen LogP contribution in [0.3, 0.4) is 0 Å². The number of aliphatic hydroxyl groups is 1. The first kappa shape index (κ1) is 30.3. The van der Waals surface area contributed by atoms with Crippen LogP contribution in [0.25, 0.3) is 0 Å². The van der Waals surface area contributed by atoms with E-state index in [9.17, 15) is 19.5 Å². The Morgan fingerprint density at radius 2 is 1.79 bits per heavy atom. The Kier molecular flexibility index (Phi) is 10.4. The second-order valence-electron chi connectivity index (χ2n) is 11.8. The summed E-state index contributed by atoms with van der Waals surface area (Å²) in [6, 6.07) is 0. The average molecular weight is 551 g/mol. The summed E-state index contributed by atoms with van der Waals surface area (Å²) in [5.74, 6) is -1.81. The van der Waals surface area contributed by atoms with Crippen LogP contribution in [-0.2, 0) is 38.1 Å². The number of ether oxygens (including phenoxy) is 5. The van der Waals surface area contributed by atoms with E-state index in [-0.39, 0.29) is 66.4 Å². The van der Waals surface area contributed by atoms with Crippen molar-refractivity contribution in [2.45, 2.75) is 95.9 Å². The lowest BCUT2D eigenvalue weighted by molar-refractivity contribution is -0.204. The molecule has 2 saturated carbocycles. The van der Waals surface area contributed by atoms with Gasteiger partial charge in [-0.25, -0.2) is 0 Å². The van der Waals surface area contributed by atoms with Gasteiger partial charge in [0.1, 0.15) is 18.3 Å². The zero-order valence-electron chi connectivity index (χ0n) is 24.0. The molecule has 0 radical (unpaired) electrons. The lowest BCUT2D eigenvalue weighted by atomic mass is 9.64. The van der Waals surface area contributed by atoms with Crippen LogP contribution in [0.4, 0.5) is 0 Å². The topological polar surface area (TPSA) is 118 Å². The first-order chi connectivity index (χ1) is 18.7. The highest BCUT2D eigenvalue weighted by molar-refractivity contribution is 6.01. The number of Topliss-reactive ketones (excluding diaryl/α,β-unsaturated/α-hetero) is 2. The van der Waals surface area contributed by atoms with Gasteiger partial charge in [0, 0.05) is 39.1 Å². The molecule has 1 saturated heterocycles. The molecule has 9 heteroatoms. The quantitative estimate of drug-likeness (QED) is 0.359. The highest BCUT2D eigenvalue weighted by Crippen LogP contribution is 2.56. The Labute approximate surface area is 231 Å². The lowest BCUT2D eigenvalue weighted by Gasteiger charge is -2.41. The maximum absolute atomic E-state index is 13.9. The van der Waals surface area contributed by atoms with Crippen molar-refractivity contribution in [1.29, 1.82) is 0 Å². The fraction of sp³-hybridized carbons (Fsp3) is 0.833. The molecule has 0 spiro atoms. The van der Waals surface area contributed by atoms with Gasteiger partial charge in [-0.3, -0.25) is 14.4 Å². The van der Waals surface area contributed by atoms with E-state index in [0.29, 0.717) is 18.4 Å². The Balaban J connectivity index is 1.61. The van der Waals surface area contributed by atoms with E-state index in [1.54, 1.807) is 7.11 Å². The van der Waals surface area contributed by atoms with Crippen molar-refractivity contribution in [3.05, 3.63) is 11.6 Å². The van der Waals surface area contributed by atoms with Crippen LogP contribution >= 0.6 is 0 Å². The molecule has 0 aromatic heterocycles. The molecule has 11 atom stereocenters. The molecule has 9 nitrogen and oxygen atoms in total. The molecule has 3 unspecified atom stereocenters. The fourth-order valence-corrected chi connectivity index (χ4v) is 7.54. The second-order valence-corrected chi connectivity index (χ2v) is 11.8. The molecule has 1 N–H and O–H groups in total. The van der Waals surface area contributed by atoms with Gasteiger partial charge in [-0.15, -0.1) is 0 Å². The average Bonchev–Trinajstić information content (AvgIpc) is 3.49. The number of carbonyl (C=O) groups is 3. The summed E-state index contributed by atoms with van der Waals surface area (Å²) < 4.78 is 28.0. The van der Waals surface area contributed by atoms with Crippen LogP contribution in [0.5, 0.6) is 0 Å². The van der Waals surface area contributed by atoms with Crippen molar-refractivity contribution in [2.24, 2.45) is 35.5 Å². The van der Waals surface area contributed by atoms with Crippen molar-refractivity contribution in [3.8, 4) is 0 Å². The SMILES string of the molecule is CC[C@H]1CCCC[C@@H](C)C(=O)C2=CC3[C@@H]4C[C@H](OC(O)[C@H](COC)OC)CC4[C@@H](OC)C(=O)[C@H]3[C@@H]2CC(=O)O1. The summed E-state index contributed by atoms with van der Waals surface area (Å²) >= 11 is 0. The first-order valence-corrected chi connectivity index (χ1v) is 14.6. The van der Waals surface area contributed by atoms with E-state index >= 15 is 0 Å². The van der Waals surface area contributed by atoms with Crippen LogP contribution in [-0.4, -0.2) is 81.3 Å². The largest absolute Gasteiger partial charge is 0.462 e. The van der Waals surface area contributed by atoms with Crippen LogP contribution < -0.4 is 0 Å². The van der Waals surface area contributed by atoms with Gasteiger partial charge in [0.15, 0.2) is 17.9 Å². The molecule has 1 aliphatic heterocycles. The molecule has 3 aliphatic carbocycles. The number of hydrogen-bond donors (Lipinski definition) is 1. The van der Waals surface area contributed by atoms with Crippen molar-refractivity contribution < 1.29 is 43.2 Å². The zero-order chi connectivity index (χ0) is 28.3. The van der Waals surface area contributed by atoms with E-state index in [4.69, 9.17) is 23.7 Å². The summed E-state index contributed by atoms with van der Waals surface area (Å²) in [5, 5.41) is 10.6. The highest BCUT2D eigenvalue weighted by atomic mass is 16.6. The van der Waals surface area contributed by atoms with Gasteiger partial charge in [-0.05, 0) is 61.9 Å². The molecule has 1 heterocycles. The standard InChI is InChI=1S/C30H46O9/c1-6-17-10-8-7-9-16(2)27(32)22-13-20-19-11-18(39-30(34)24(36-4)15-35-3)12-23(19)29(37-5)28(33)26(20)21(22)14-25(31)38-17/h13,16-21,23-24,26,29-30,34H,6-12,14-15H2,1-5H3/t16-,17+,18+,19+,20?,21-,23?,24+,26-,29-,30?/m1/s1. The third kappa shape index (κ3) is 6.32. The summed E-state index contributed by atoms with van der Waals surface area (Å²) in [6.45, 7) is 4.16. The van der Waals surface area contributed by atoms with Crippen molar-refractivity contribution in [2.75, 3.05) is 27.9 Å². The third-order valence-electron chi connectivity index (χ3n) is 9.55. The summed E-state index contributed by atoms with van der Waals surface area (Å²) in [7, 11) is 4.57. The smallest absolute Gasteiger partial charge is 0.306 e. The molecular formula is C30H46O9. The van der Waals surface area contributed by atoms with E-state index < -0.39 is 30.3 Å². The van der Waals surface area contributed by atoms with Gasteiger partial charge in [0.05, 0.1) is 19.1 Å². The van der Waals surface area contributed by atoms with E-state index in [0.717, 1.165) is 32.1 Å². The van der Waals surface area contributed by atoms with Crippen LogP contribution in [0.1, 0.15) is 65.2 Å². The first-order valence-electron chi connectivity index (χ1n) is 14.6. The Morgan fingerprint density at radius 3 is 2.46 bits per heavy atom. The Hall–Kier alpha value is -1.65. The number of cyclic esters (lactones) is 1. The lowest BCUT2D eigenvalue weighted by Crippen LogP contribution is -2.49. The van der Waals surface area contributed by atoms with Crippen LogP contribution in [0, 0.1) is 35.5 Å². The molecule has 3 fully saturated rings. The monoisotopic (exact) mass is 550 g/mol. The molecule has 4 rings (SSSR count). The number of rotatable bonds is 8. The predicted molar refractivity (Wildman–Crippen MR) is 142 cm³/mol. The number of carbonyl (C=O) groups excluding carboxylic acids is 3. The summed E-state index contributed by atoms with van der Waals surface area (Å²) in [5.41, 5.74) is 0.607. The Bertz CT molecular complexity index is 916. The molecule has 220 valence electrons. The number of ketones is 2. The van der Waals surface area contributed by atoms with Gasteiger partial charge in [0.25, 0.3) is 0 Å². The number of allylic oxidation sites excluding steroid dienone is 2. The number of fused-ring (bicyclic) bond motifs is 5. The fourth-order valence-electron chi connectivity index (χ4n) is 7.54. The number of hydrogen-bond acceptors (Lipinski definition) is 9. The zero-order valence-corrected chi connectivity index (χ0v) is 24.0. The van der Waals surface area contributed by atoms with E-state index in [1.165, 1.54) is 14.2 Å². The molecule has 0 aromatic carbocycles. The molecule has 0 bridgehead atoms. The minimum absolute atomic E-state index is 0.0205. The van der Waals surface area contributed by atoms with Crippen molar-refractivity contribution >= 4 is 17.5 Å². The van der Waals surface area contributed by atoms with Gasteiger partial charge in [-0.2, -0.15) is 0 Å². The van der Waals surface area contributed by atoms with Gasteiger partial charge in [0.2, 0.25) is 0 Å². The normalized spacial score (nSPS) is 39.0. The molecule has 0 aromatic rings. The Morgan fingerprint density at radius 1 is 1.08 bits per heavy atom. The molecular weight excluding hydrogens is 504 g/mol. The minimum atomic E-state index is -1.17. The minimum Gasteiger partial charge on any atom is -0.462 e. The highest BCUT2D eigenvalue weighted by Gasteiger charge is 2.59. The van der Waals surface area contributed by atoms with Crippen molar-refractivity contribution in [3.63, 3.8) is 0 Å². The molecule has 39 heavy (non-hydrogen) atoms. The van der Waals surface area contributed by atoms with Gasteiger partial charge in [-0.1, -0.05) is 26.3 Å². The number of esters is 1. The summed E-state index contributed by atoms with van der Waals surface area (Å²) in [4.78, 5) is 40.7. The maximum atomic E-state index is 13.9. The van der Waals surface area contributed by atoms with Crippen LogP contribution in [0.15, 0.2) is 11.6 Å². The van der Waals surface area contributed by atoms with E-state index in [1.807, 2.05) is 19.9 Å². The molecule has 4 aliphatic rings. The number of methoxy groups -OCH3 is 3. The molecule has 0 amide bonds.